The second-order valence-electron chi connectivity index (χ2n) is 7.50. The van der Waals surface area contributed by atoms with Gasteiger partial charge in [-0.1, -0.05) is 38.0 Å². The number of benzene rings is 1. The van der Waals surface area contributed by atoms with Crippen LogP contribution in [0.15, 0.2) is 29.2 Å². The Kier molecular flexibility index (Phi) is 5.32. The predicted molar refractivity (Wildman–Crippen MR) is 95.5 cm³/mol. The molecule has 1 heterocycles. The Bertz CT molecular complexity index is 726. The van der Waals surface area contributed by atoms with Crippen molar-refractivity contribution in [3.8, 4) is 0 Å². The van der Waals surface area contributed by atoms with E-state index in [0.29, 0.717) is 19.4 Å². The van der Waals surface area contributed by atoms with E-state index in [2.05, 4.69) is 0 Å². The topological polar surface area (TPSA) is 63.7 Å². The highest BCUT2D eigenvalue weighted by atomic mass is 32.2. The molecule has 1 aromatic carbocycles. The summed E-state index contributed by atoms with van der Waals surface area (Å²) in [4.78, 5) is 12.7. The Morgan fingerprint density at radius 2 is 1.84 bits per heavy atom. The normalized spacial score (nSPS) is 28.6. The van der Waals surface area contributed by atoms with E-state index in [1.807, 2.05) is 20.8 Å². The van der Waals surface area contributed by atoms with E-state index in [1.54, 1.807) is 24.3 Å². The minimum atomic E-state index is -3.72. The van der Waals surface area contributed by atoms with Crippen molar-refractivity contribution in [2.75, 3.05) is 6.61 Å². The summed E-state index contributed by atoms with van der Waals surface area (Å²) in [5, 5.41) is 0. The Morgan fingerprint density at radius 1 is 1.16 bits per heavy atom. The highest BCUT2D eigenvalue weighted by Gasteiger charge is 2.49. The lowest BCUT2D eigenvalue weighted by molar-refractivity contribution is -0.131. The van der Waals surface area contributed by atoms with Gasteiger partial charge in [0, 0.05) is 6.42 Å². The molecule has 0 unspecified atom stereocenters. The summed E-state index contributed by atoms with van der Waals surface area (Å²) in [6, 6.07) is 6.63. The Morgan fingerprint density at radius 3 is 2.44 bits per heavy atom. The van der Waals surface area contributed by atoms with Crippen molar-refractivity contribution in [1.29, 1.82) is 0 Å². The number of rotatable bonds is 4. The number of carbonyl (C=O) groups excluding carboxylic acids is 1. The number of sulfonamides is 1. The molecule has 3 atom stereocenters. The van der Waals surface area contributed by atoms with Crippen molar-refractivity contribution in [2.45, 2.75) is 63.6 Å². The van der Waals surface area contributed by atoms with Gasteiger partial charge in [-0.25, -0.2) is 8.42 Å². The lowest BCUT2D eigenvalue weighted by atomic mass is 9.86. The zero-order valence-electron chi connectivity index (χ0n) is 15.1. The number of carbonyl (C=O) groups is 1. The zero-order chi connectivity index (χ0) is 18.2. The molecule has 2 aliphatic rings. The Hall–Kier alpha value is -1.24. The molecular weight excluding hydrogens is 338 g/mol. The monoisotopic (exact) mass is 365 g/mol. The molecule has 1 aromatic rings. The van der Waals surface area contributed by atoms with Crippen LogP contribution in [0.25, 0.3) is 0 Å². The minimum absolute atomic E-state index is 0.115. The number of ketones is 1. The maximum atomic E-state index is 13.4. The summed E-state index contributed by atoms with van der Waals surface area (Å²) in [5.74, 6) is -0.105. The summed E-state index contributed by atoms with van der Waals surface area (Å²) in [6.45, 7) is 6.26. The van der Waals surface area contributed by atoms with Gasteiger partial charge in [-0.3, -0.25) is 4.79 Å². The molecule has 1 saturated heterocycles. The van der Waals surface area contributed by atoms with Crippen LogP contribution in [-0.2, 0) is 19.6 Å². The van der Waals surface area contributed by atoms with Gasteiger partial charge in [-0.15, -0.1) is 0 Å². The third-order valence-electron chi connectivity index (χ3n) is 5.33. The lowest BCUT2D eigenvalue weighted by Gasteiger charge is -2.34. The van der Waals surface area contributed by atoms with E-state index >= 15 is 0 Å². The van der Waals surface area contributed by atoms with E-state index in [1.165, 1.54) is 4.31 Å². The highest BCUT2D eigenvalue weighted by molar-refractivity contribution is 7.89. The second kappa shape index (κ2) is 7.17. The average Bonchev–Trinajstić information content (AvgIpc) is 3.01. The van der Waals surface area contributed by atoms with E-state index in [9.17, 15) is 13.2 Å². The van der Waals surface area contributed by atoms with Crippen molar-refractivity contribution in [3.05, 3.63) is 29.8 Å². The van der Waals surface area contributed by atoms with E-state index in [-0.39, 0.29) is 28.6 Å². The van der Waals surface area contributed by atoms with Crippen LogP contribution in [0.4, 0.5) is 0 Å². The fourth-order valence-corrected chi connectivity index (χ4v) is 5.64. The summed E-state index contributed by atoms with van der Waals surface area (Å²) >= 11 is 0. The molecule has 5 nitrogen and oxygen atoms in total. The smallest absolute Gasteiger partial charge is 0.245 e. The molecule has 1 aliphatic heterocycles. The number of nitrogens with zero attached hydrogens (tertiary/aromatic N) is 1. The van der Waals surface area contributed by atoms with Crippen molar-refractivity contribution in [1.82, 2.24) is 4.31 Å². The van der Waals surface area contributed by atoms with Crippen LogP contribution in [0.3, 0.4) is 0 Å². The van der Waals surface area contributed by atoms with Gasteiger partial charge in [0.1, 0.15) is 12.0 Å². The number of hydrogen-bond donors (Lipinski definition) is 0. The number of hydrogen-bond acceptors (Lipinski definition) is 4. The lowest BCUT2D eigenvalue weighted by Crippen LogP contribution is -2.49. The van der Waals surface area contributed by atoms with Gasteiger partial charge < -0.3 is 4.74 Å². The van der Waals surface area contributed by atoms with Crippen LogP contribution < -0.4 is 0 Å². The maximum absolute atomic E-state index is 13.4. The van der Waals surface area contributed by atoms with E-state index in [4.69, 9.17) is 4.74 Å². The van der Waals surface area contributed by atoms with Gasteiger partial charge in [-0.05, 0) is 37.8 Å². The van der Waals surface area contributed by atoms with Crippen molar-refractivity contribution >= 4 is 15.8 Å². The van der Waals surface area contributed by atoms with Gasteiger partial charge in [-0.2, -0.15) is 4.31 Å². The van der Waals surface area contributed by atoms with Crippen LogP contribution in [0.5, 0.6) is 0 Å². The molecule has 0 spiro atoms. The van der Waals surface area contributed by atoms with Gasteiger partial charge in [0.05, 0.1) is 23.5 Å². The molecule has 138 valence electrons. The summed E-state index contributed by atoms with van der Waals surface area (Å²) in [5.41, 5.74) is 1.01. The van der Waals surface area contributed by atoms with Crippen molar-refractivity contribution in [2.24, 2.45) is 11.8 Å². The first-order valence-corrected chi connectivity index (χ1v) is 10.5. The number of ether oxygens (including phenoxy) is 1. The Labute approximate surface area is 150 Å². The molecule has 0 N–H and O–H groups in total. The van der Waals surface area contributed by atoms with Crippen LogP contribution in [0.2, 0.25) is 0 Å². The second-order valence-corrected chi connectivity index (χ2v) is 9.35. The number of Topliss-reactive ketones (excluding diaryl/α,β-unsaturated/α-hetero) is 1. The third kappa shape index (κ3) is 3.52. The van der Waals surface area contributed by atoms with Gasteiger partial charge in [0.2, 0.25) is 10.0 Å². The van der Waals surface area contributed by atoms with Gasteiger partial charge >= 0.3 is 0 Å². The molecule has 0 aromatic heterocycles. The molecule has 1 aliphatic carbocycles. The highest BCUT2D eigenvalue weighted by Crippen LogP contribution is 2.37. The summed E-state index contributed by atoms with van der Waals surface area (Å²) in [6.07, 6.45) is 2.39. The van der Waals surface area contributed by atoms with Gasteiger partial charge in [0.25, 0.3) is 0 Å². The maximum Gasteiger partial charge on any atom is 0.245 e. The first-order chi connectivity index (χ1) is 11.8. The molecule has 3 rings (SSSR count). The molecule has 2 fully saturated rings. The molecule has 25 heavy (non-hydrogen) atoms. The van der Waals surface area contributed by atoms with Gasteiger partial charge in [0.15, 0.2) is 0 Å². The SMILES string of the molecule is Cc1ccc(S(=O)(=O)N2[C@@H](C(C)C)CO[C@H]2[C@H]2CCCCC2=O)cc1. The molecular formula is C19H27NO4S. The average molecular weight is 365 g/mol. The fraction of sp³-hybridized carbons (Fsp3) is 0.632. The van der Waals surface area contributed by atoms with Crippen LogP contribution in [0, 0.1) is 18.8 Å². The first kappa shape index (κ1) is 18.5. The molecule has 0 amide bonds. The van der Waals surface area contributed by atoms with Crippen LogP contribution in [0.1, 0.15) is 45.1 Å². The molecule has 0 bridgehead atoms. The number of aryl methyl sites for hydroxylation is 1. The van der Waals surface area contributed by atoms with E-state index < -0.39 is 16.3 Å². The zero-order valence-corrected chi connectivity index (χ0v) is 16.0. The van der Waals surface area contributed by atoms with Crippen molar-refractivity contribution in [3.63, 3.8) is 0 Å². The minimum Gasteiger partial charge on any atom is -0.360 e. The molecule has 0 radical (unpaired) electrons. The Balaban J connectivity index is 1.99. The standard InChI is InChI=1S/C19H27NO4S/c1-13(2)17-12-24-19(16-6-4-5-7-18(16)21)20(17)25(22,23)15-10-8-14(3)9-11-15/h8-11,13,16-17,19H,4-7,12H2,1-3H3/t16-,17+,19-/m0/s1. The quantitative estimate of drug-likeness (QED) is 0.822. The van der Waals surface area contributed by atoms with Crippen molar-refractivity contribution < 1.29 is 17.9 Å². The molecule has 6 heteroatoms. The largest absolute Gasteiger partial charge is 0.360 e. The first-order valence-electron chi connectivity index (χ1n) is 9.07. The predicted octanol–water partition coefficient (Wildman–Crippen LogP) is 3.13. The third-order valence-corrected chi connectivity index (χ3v) is 7.23. The molecule has 1 saturated carbocycles. The van der Waals surface area contributed by atoms with Crippen LogP contribution in [-0.4, -0.2) is 37.4 Å². The summed E-state index contributed by atoms with van der Waals surface area (Å²) in [7, 11) is -3.72. The fourth-order valence-electron chi connectivity index (χ4n) is 3.77. The van der Waals surface area contributed by atoms with Crippen LogP contribution >= 0.6 is 0 Å². The van der Waals surface area contributed by atoms with E-state index in [0.717, 1.165) is 18.4 Å². The summed E-state index contributed by atoms with van der Waals surface area (Å²) < 4.78 is 34.1.